The van der Waals surface area contributed by atoms with Gasteiger partial charge in [0.15, 0.2) is 0 Å². The number of hydrogen-bond donors (Lipinski definition) is 2. The van der Waals surface area contributed by atoms with Gasteiger partial charge in [0.05, 0.1) is 17.1 Å². The summed E-state index contributed by atoms with van der Waals surface area (Å²) in [6.07, 6.45) is 5.12. The molecule has 2 N–H and O–H groups in total. The van der Waals surface area contributed by atoms with Crippen molar-refractivity contribution in [2.24, 2.45) is 0 Å². The molecule has 1 aliphatic heterocycles. The number of thiazole rings is 1. The van der Waals surface area contributed by atoms with Gasteiger partial charge >= 0.3 is 0 Å². The van der Waals surface area contributed by atoms with E-state index >= 15 is 0 Å². The number of hydrogen-bond acceptors (Lipinski definition) is 5. The van der Waals surface area contributed by atoms with Crippen molar-refractivity contribution in [1.82, 2.24) is 20.5 Å². The fourth-order valence-corrected chi connectivity index (χ4v) is 4.12. The van der Waals surface area contributed by atoms with Crippen LogP contribution in [0, 0.1) is 6.92 Å². The Balaban J connectivity index is 1.40. The predicted octanol–water partition coefficient (Wildman–Crippen LogP) is 1.72. The van der Waals surface area contributed by atoms with Crippen molar-refractivity contribution in [3.05, 3.63) is 16.1 Å². The number of likely N-dealkylation sites (tertiary alicyclic amines) is 1. The number of piperidine rings is 1. The van der Waals surface area contributed by atoms with Crippen LogP contribution in [-0.2, 0) is 11.2 Å². The molecule has 0 spiro atoms. The van der Waals surface area contributed by atoms with Crippen LogP contribution in [0.1, 0.15) is 43.3 Å². The van der Waals surface area contributed by atoms with Gasteiger partial charge in [0, 0.05) is 23.5 Å². The fourth-order valence-electron chi connectivity index (χ4n) is 3.50. The Labute approximate surface area is 142 Å². The van der Waals surface area contributed by atoms with Gasteiger partial charge in [0.25, 0.3) is 0 Å². The molecule has 2 atom stereocenters. The first-order valence-electron chi connectivity index (χ1n) is 8.83. The lowest BCUT2D eigenvalue weighted by atomic mass is 9.85. The van der Waals surface area contributed by atoms with Crippen molar-refractivity contribution in [2.45, 2.75) is 64.1 Å². The number of amides is 1. The molecule has 3 rings (SSSR count). The van der Waals surface area contributed by atoms with E-state index in [9.17, 15) is 4.79 Å². The van der Waals surface area contributed by atoms with Crippen LogP contribution < -0.4 is 10.6 Å². The Morgan fingerprint density at radius 2 is 2.04 bits per heavy atom. The summed E-state index contributed by atoms with van der Waals surface area (Å²) in [5, 5.41) is 9.96. The van der Waals surface area contributed by atoms with E-state index in [0.29, 0.717) is 24.5 Å². The summed E-state index contributed by atoms with van der Waals surface area (Å²) in [5.74, 6) is 0.104. The van der Waals surface area contributed by atoms with Crippen molar-refractivity contribution in [3.63, 3.8) is 0 Å². The second-order valence-electron chi connectivity index (χ2n) is 6.77. The highest BCUT2D eigenvalue weighted by Crippen LogP contribution is 2.23. The summed E-state index contributed by atoms with van der Waals surface area (Å²) >= 11 is 1.60. The third-order valence-electron chi connectivity index (χ3n) is 5.11. The van der Waals surface area contributed by atoms with Crippen LogP contribution in [0.3, 0.4) is 0 Å². The quantitative estimate of drug-likeness (QED) is 0.830. The molecular formula is C17H28N4OS. The second kappa shape index (κ2) is 7.73. The van der Waals surface area contributed by atoms with Crippen LogP contribution in [0.5, 0.6) is 0 Å². The normalized spacial score (nSPS) is 26.0. The van der Waals surface area contributed by atoms with Crippen molar-refractivity contribution >= 4 is 17.2 Å². The van der Waals surface area contributed by atoms with Gasteiger partial charge in [-0.1, -0.05) is 6.92 Å². The molecule has 5 nitrogen and oxygen atoms in total. The van der Waals surface area contributed by atoms with Gasteiger partial charge in [-0.05, 0) is 52.2 Å². The molecule has 1 saturated carbocycles. The number of aromatic nitrogens is 1. The van der Waals surface area contributed by atoms with E-state index in [0.717, 1.165) is 23.7 Å². The molecule has 0 aromatic carbocycles. The molecule has 128 valence electrons. The number of carbonyl (C=O) groups excluding carboxylic acids is 1. The van der Waals surface area contributed by atoms with E-state index < -0.39 is 0 Å². The highest BCUT2D eigenvalue weighted by molar-refractivity contribution is 7.09. The van der Waals surface area contributed by atoms with Crippen LogP contribution in [0.15, 0.2) is 5.38 Å². The Kier molecular flexibility index (Phi) is 5.67. The van der Waals surface area contributed by atoms with Crippen LogP contribution in [0.4, 0.5) is 0 Å². The van der Waals surface area contributed by atoms with Crippen molar-refractivity contribution in [3.8, 4) is 0 Å². The average Bonchev–Trinajstić information content (AvgIpc) is 2.95. The molecule has 2 heterocycles. The standard InChI is InChI=1S/C17H28N4OS/c1-3-21-8-6-13(7-9-21)19-15-4-5-16(15)20-17(22)10-14-11-23-12(2)18-14/h11,13,15-16,19H,3-10H2,1-2H3,(H,20,22)/t15-,16+/m0/s1. The average molecular weight is 337 g/mol. The zero-order valence-corrected chi connectivity index (χ0v) is 15.0. The lowest BCUT2D eigenvalue weighted by Crippen LogP contribution is -2.60. The van der Waals surface area contributed by atoms with Gasteiger partial charge in [0.2, 0.25) is 5.91 Å². The minimum absolute atomic E-state index is 0.104. The molecule has 1 aliphatic carbocycles. The zero-order valence-electron chi connectivity index (χ0n) is 14.2. The molecule has 2 aliphatic rings. The first kappa shape index (κ1) is 16.9. The minimum atomic E-state index is 0.104. The van der Waals surface area contributed by atoms with Crippen molar-refractivity contribution in [2.75, 3.05) is 19.6 Å². The zero-order chi connectivity index (χ0) is 16.2. The molecular weight excluding hydrogens is 308 g/mol. The van der Waals surface area contributed by atoms with Gasteiger partial charge in [-0.3, -0.25) is 4.79 Å². The van der Waals surface area contributed by atoms with E-state index in [1.807, 2.05) is 12.3 Å². The first-order chi connectivity index (χ1) is 11.1. The summed E-state index contributed by atoms with van der Waals surface area (Å²) in [7, 11) is 0. The van der Waals surface area contributed by atoms with Crippen LogP contribution in [0.25, 0.3) is 0 Å². The molecule has 1 saturated heterocycles. The SMILES string of the molecule is CCN1CCC(N[C@H]2CC[C@H]2NC(=O)Cc2csc(C)n2)CC1. The third-order valence-corrected chi connectivity index (χ3v) is 5.94. The Morgan fingerprint density at radius 1 is 1.30 bits per heavy atom. The fraction of sp³-hybridized carbons (Fsp3) is 0.765. The largest absolute Gasteiger partial charge is 0.351 e. The molecule has 0 unspecified atom stereocenters. The topological polar surface area (TPSA) is 57.3 Å². The van der Waals surface area contributed by atoms with Gasteiger partial charge in [-0.25, -0.2) is 4.98 Å². The summed E-state index contributed by atoms with van der Waals surface area (Å²) in [6, 6.07) is 1.37. The predicted molar refractivity (Wildman–Crippen MR) is 93.8 cm³/mol. The molecule has 1 amide bonds. The molecule has 23 heavy (non-hydrogen) atoms. The molecule has 1 aromatic heterocycles. The van der Waals surface area contributed by atoms with Crippen LogP contribution in [0.2, 0.25) is 0 Å². The van der Waals surface area contributed by atoms with E-state index in [-0.39, 0.29) is 5.91 Å². The summed E-state index contributed by atoms with van der Waals surface area (Å²) in [5.41, 5.74) is 0.890. The molecule has 2 fully saturated rings. The summed E-state index contributed by atoms with van der Waals surface area (Å²) in [6.45, 7) is 7.75. The minimum Gasteiger partial charge on any atom is -0.351 e. The maximum absolute atomic E-state index is 12.2. The number of carbonyl (C=O) groups is 1. The number of nitrogens with zero attached hydrogens (tertiary/aromatic N) is 2. The number of nitrogens with one attached hydrogen (secondary N) is 2. The van der Waals surface area contributed by atoms with Gasteiger partial charge in [-0.15, -0.1) is 11.3 Å². The molecule has 0 radical (unpaired) electrons. The van der Waals surface area contributed by atoms with Crippen molar-refractivity contribution in [1.29, 1.82) is 0 Å². The highest BCUT2D eigenvalue weighted by Gasteiger charge is 2.34. The lowest BCUT2D eigenvalue weighted by molar-refractivity contribution is -0.122. The Hall–Kier alpha value is -0.980. The van der Waals surface area contributed by atoms with E-state index in [4.69, 9.17) is 0 Å². The third kappa shape index (κ3) is 4.52. The van der Waals surface area contributed by atoms with Crippen molar-refractivity contribution < 1.29 is 4.79 Å². The summed E-state index contributed by atoms with van der Waals surface area (Å²) < 4.78 is 0. The van der Waals surface area contributed by atoms with Gasteiger partial charge in [0.1, 0.15) is 0 Å². The van der Waals surface area contributed by atoms with E-state index in [1.54, 1.807) is 11.3 Å². The van der Waals surface area contributed by atoms with Gasteiger partial charge < -0.3 is 15.5 Å². The monoisotopic (exact) mass is 336 g/mol. The van der Waals surface area contributed by atoms with Crippen LogP contribution >= 0.6 is 11.3 Å². The molecule has 0 bridgehead atoms. The van der Waals surface area contributed by atoms with Crippen LogP contribution in [-0.4, -0.2) is 53.6 Å². The van der Waals surface area contributed by atoms with Gasteiger partial charge in [-0.2, -0.15) is 0 Å². The Morgan fingerprint density at radius 3 is 2.61 bits per heavy atom. The van der Waals surface area contributed by atoms with E-state index in [2.05, 4.69) is 27.4 Å². The smallest absolute Gasteiger partial charge is 0.226 e. The maximum atomic E-state index is 12.2. The first-order valence-corrected chi connectivity index (χ1v) is 9.70. The molecule has 6 heteroatoms. The summed E-state index contributed by atoms with van der Waals surface area (Å²) in [4.78, 5) is 19.0. The molecule has 1 aromatic rings. The maximum Gasteiger partial charge on any atom is 0.226 e. The highest BCUT2D eigenvalue weighted by atomic mass is 32.1. The Bertz CT molecular complexity index is 524. The van der Waals surface area contributed by atoms with E-state index in [1.165, 1.54) is 32.4 Å². The lowest BCUT2D eigenvalue weighted by Gasteiger charge is -2.42. The number of aryl methyl sites for hydroxylation is 1. The number of rotatable bonds is 6. The second-order valence-corrected chi connectivity index (χ2v) is 7.83.